The molecule has 9 heteroatoms. The van der Waals surface area contributed by atoms with E-state index >= 15 is 0 Å². The van der Waals surface area contributed by atoms with Crippen molar-refractivity contribution < 1.29 is 38.6 Å². The van der Waals surface area contributed by atoms with Crippen LogP contribution in [0.4, 0.5) is 0 Å². The van der Waals surface area contributed by atoms with Crippen molar-refractivity contribution in [1.29, 1.82) is 0 Å². The van der Waals surface area contributed by atoms with Crippen molar-refractivity contribution in [3.05, 3.63) is 59.7 Å². The Kier molecular flexibility index (Phi) is 10.7. The number of hydrogen-bond donors (Lipinski definition) is 2. The van der Waals surface area contributed by atoms with Crippen LogP contribution in [-0.4, -0.2) is 76.4 Å². The first kappa shape index (κ1) is 28.6. The molecule has 36 heavy (non-hydrogen) atoms. The molecule has 0 aliphatic carbocycles. The van der Waals surface area contributed by atoms with E-state index < -0.39 is 38.8 Å². The standard InChI is InChI=1S/C27H40O8Si/c1-30-21-10-6-19(7-11-21)16-32-18-23-24(28)25(29)26(27(35-23)33-14-15-36(3,4)5)34-17-20-8-12-22(31-2)13-9-20/h6-13,23-29H,14-18H2,1-5H3/t23-,24+,25+,26-,27-/m1/s1. The Bertz CT molecular complexity index is 897. The molecule has 1 aliphatic rings. The van der Waals surface area contributed by atoms with Crippen LogP contribution < -0.4 is 9.47 Å². The highest BCUT2D eigenvalue weighted by molar-refractivity contribution is 6.76. The smallest absolute Gasteiger partial charge is 0.186 e. The molecule has 0 amide bonds. The molecule has 0 saturated carbocycles. The van der Waals surface area contributed by atoms with E-state index in [1.54, 1.807) is 14.2 Å². The lowest BCUT2D eigenvalue weighted by Crippen LogP contribution is -2.60. The molecule has 1 saturated heterocycles. The van der Waals surface area contributed by atoms with Gasteiger partial charge in [-0.2, -0.15) is 0 Å². The third-order valence-corrected chi connectivity index (χ3v) is 7.79. The number of benzene rings is 2. The van der Waals surface area contributed by atoms with Gasteiger partial charge in [0.15, 0.2) is 6.29 Å². The Hall–Kier alpha value is -1.98. The van der Waals surface area contributed by atoms with Crippen LogP contribution in [0.2, 0.25) is 25.7 Å². The van der Waals surface area contributed by atoms with Gasteiger partial charge < -0.3 is 38.6 Å². The molecular weight excluding hydrogens is 480 g/mol. The summed E-state index contributed by atoms with van der Waals surface area (Å²) >= 11 is 0. The zero-order chi connectivity index (χ0) is 26.1. The average Bonchev–Trinajstić information content (AvgIpc) is 2.86. The summed E-state index contributed by atoms with van der Waals surface area (Å²) in [5, 5.41) is 21.8. The monoisotopic (exact) mass is 520 g/mol. The van der Waals surface area contributed by atoms with E-state index in [9.17, 15) is 10.2 Å². The van der Waals surface area contributed by atoms with Crippen LogP contribution in [0.1, 0.15) is 11.1 Å². The van der Waals surface area contributed by atoms with Gasteiger partial charge in [-0.25, -0.2) is 0 Å². The SMILES string of the molecule is COc1ccc(COC[C@H]2O[C@@H](OCC[Si](C)(C)C)[C@H](OCc3ccc(OC)cc3)[C@@H](O)[C@H]2O)cc1. The maximum atomic E-state index is 11.0. The molecule has 0 bridgehead atoms. The molecule has 2 aromatic rings. The first-order chi connectivity index (χ1) is 17.2. The van der Waals surface area contributed by atoms with E-state index in [1.807, 2.05) is 48.5 Å². The van der Waals surface area contributed by atoms with Crippen molar-refractivity contribution in [3.8, 4) is 11.5 Å². The highest BCUT2D eigenvalue weighted by Gasteiger charge is 2.46. The summed E-state index contributed by atoms with van der Waals surface area (Å²) in [4.78, 5) is 0. The van der Waals surface area contributed by atoms with Crippen LogP contribution in [0.5, 0.6) is 11.5 Å². The summed E-state index contributed by atoms with van der Waals surface area (Å²) in [6.07, 6.45) is -4.80. The zero-order valence-electron chi connectivity index (χ0n) is 21.9. The molecule has 0 spiro atoms. The number of aliphatic hydroxyl groups is 2. The van der Waals surface area contributed by atoms with Gasteiger partial charge in [0.2, 0.25) is 0 Å². The van der Waals surface area contributed by atoms with Crippen molar-refractivity contribution in [2.75, 3.05) is 27.4 Å². The Morgan fingerprint density at radius 3 is 1.86 bits per heavy atom. The average molecular weight is 521 g/mol. The quantitative estimate of drug-likeness (QED) is 0.387. The van der Waals surface area contributed by atoms with Crippen molar-refractivity contribution in [3.63, 3.8) is 0 Å². The fraction of sp³-hybridized carbons (Fsp3) is 0.556. The summed E-state index contributed by atoms with van der Waals surface area (Å²) in [7, 11) is 1.90. The second-order valence-corrected chi connectivity index (χ2v) is 15.8. The minimum Gasteiger partial charge on any atom is -0.497 e. The molecule has 1 fully saturated rings. The number of rotatable bonds is 13. The lowest BCUT2D eigenvalue weighted by molar-refractivity contribution is -0.312. The zero-order valence-corrected chi connectivity index (χ0v) is 22.9. The van der Waals surface area contributed by atoms with Gasteiger partial charge in [0.05, 0.1) is 34.0 Å². The van der Waals surface area contributed by atoms with E-state index in [-0.39, 0.29) is 13.2 Å². The van der Waals surface area contributed by atoms with E-state index in [2.05, 4.69) is 19.6 Å². The molecular formula is C27H40O8Si. The minimum atomic E-state index is -1.34. The van der Waals surface area contributed by atoms with Crippen molar-refractivity contribution >= 4 is 8.07 Å². The molecule has 200 valence electrons. The second-order valence-electron chi connectivity index (χ2n) is 10.2. The number of hydrogen-bond acceptors (Lipinski definition) is 8. The van der Waals surface area contributed by atoms with Crippen LogP contribution >= 0.6 is 0 Å². The van der Waals surface area contributed by atoms with Gasteiger partial charge in [0, 0.05) is 14.7 Å². The maximum absolute atomic E-state index is 11.0. The largest absolute Gasteiger partial charge is 0.497 e. The summed E-state index contributed by atoms with van der Waals surface area (Å²) in [5.41, 5.74) is 1.87. The summed E-state index contributed by atoms with van der Waals surface area (Å²) in [6, 6.07) is 16.0. The lowest BCUT2D eigenvalue weighted by Gasteiger charge is -2.42. The Morgan fingerprint density at radius 1 is 0.778 bits per heavy atom. The third-order valence-electron chi connectivity index (χ3n) is 6.09. The van der Waals surface area contributed by atoms with Crippen LogP contribution in [-0.2, 0) is 32.2 Å². The molecule has 8 nitrogen and oxygen atoms in total. The van der Waals surface area contributed by atoms with E-state index in [0.29, 0.717) is 13.2 Å². The van der Waals surface area contributed by atoms with E-state index in [4.69, 9.17) is 28.4 Å². The van der Waals surface area contributed by atoms with Gasteiger partial charge in [-0.05, 0) is 41.4 Å². The van der Waals surface area contributed by atoms with E-state index in [0.717, 1.165) is 28.7 Å². The van der Waals surface area contributed by atoms with Gasteiger partial charge in [-0.3, -0.25) is 0 Å². The highest BCUT2D eigenvalue weighted by atomic mass is 28.3. The second kappa shape index (κ2) is 13.5. The molecule has 2 N–H and O–H groups in total. The predicted octanol–water partition coefficient (Wildman–Crippen LogP) is 3.61. The van der Waals surface area contributed by atoms with Gasteiger partial charge in [-0.15, -0.1) is 0 Å². The van der Waals surface area contributed by atoms with Crippen molar-refractivity contribution in [2.45, 2.75) is 69.6 Å². The minimum absolute atomic E-state index is 0.101. The summed E-state index contributed by atoms with van der Waals surface area (Å²) in [6.45, 7) is 7.96. The number of methoxy groups -OCH3 is 2. The molecule has 0 unspecified atom stereocenters. The normalized spacial score (nSPS) is 24.5. The number of aliphatic hydroxyl groups excluding tert-OH is 2. The van der Waals surface area contributed by atoms with Crippen LogP contribution in [0.15, 0.2) is 48.5 Å². The van der Waals surface area contributed by atoms with Crippen LogP contribution in [0, 0.1) is 0 Å². The van der Waals surface area contributed by atoms with Gasteiger partial charge in [0.1, 0.15) is 35.9 Å². The topological polar surface area (TPSA) is 95.8 Å². The first-order valence-corrected chi connectivity index (χ1v) is 16.0. The van der Waals surface area contributed by atoms with Crippen molar-refractivity contribution in [2.24, 2.45) is 0 Å². The fourth-order valence-corrected chi connectivity index (χ4v) is 4.50. The Morgan fingerprint density at radius 2 is 1.33 bits per heavy atom. The van der Waals surface area contributed by atoms with E-state index in [1.165, 1.54) is 0 Å². The predicted molar refractivity (Wildman–Crippen MR) is 139 cm³/mol. The molecule has 1 aliphatic heterocycles. The molecule has 0 aromatic heterocycles. The van der Waals surface area contributed by atoms with Gasteiger partial charge in [-0.1, -0.05) is 43.9 Å². The van der Waals surface area contributed by atoms with Crippen LogP contribution in [0.3, 0.4) is 0 Å². The molecule has 1 heterocycles. The molecule has 2 aromatic carbocycles. The van der Waals surface area contributed by atoms with Crippen LogP contribution in [0.25, 0.3) is 0 Å². The lowest BCUT2D eigenvalue weighted by atomic mass is 9.99. The Labute approximate surface area is 215 Å². The van der Waals surface area contributed by atoms with Crippen molar-refractivity contribution in [1.82, 2.24) is 0 Å². The Balaban J connectivity index is 1.61. The van der Waals surface area contributed by atoms with Gasteiger partial charge in [0.25, 0.3) is 0 Å². The highest BCUT2D eigenvalue weighted by Crippen LogP contribution is 2.27. The summed E-state index contributed by atoms with van der Waals surface area (Å²) < 4.78 is 34.4. The fourth-order valence-electron chi connectivity index (χ4n) is 3.76. The molecule has 0 radical (unpaired) electrons. The number of ether oxygens (including phenoxy) is 6. The molecule has 3 rings (SSSR count). The third kappa shape index (κ3) is 8.55. The summed E-state index contributed by atoms with van der Waals surface area (Å²) in [5.74, 6) is 1.52. The van der Waals surface area contributed by atoms with Gasteiger partial charge >= 0.3 is 0 Å². The molecule has 5 atom stereocenters. The maximum Gasteiger partial charge on any atom is 0.186 e. The first-order valence-electron chi connectivity index (χ1n) is 12.3.